The SMILES string of the molecule is CCCCCCCCCCCCCCCCCCCCC(=O)OC[C@H](COP(=O)(O)OC[C@@H](O)COP(=O)(O)OC[C@@H](COC(=O)CCCCCCCCCC(C)C)OC(=O)CCCCCCCCCCCC(C)C)OC(=O)CCCCCCCCCCCCCCCCCCCC. The van der Waals surface area contributed by atoms with Crippen LogP contribution in [-0.2, 0) is 65.4 Å². The number of ether oxygens (including phenoxy) is 4. The summed E-state index contributed by atoms with van der Waals surface area (Å²) >= 11 is 0. The number of aliphatic hydroxyl groups excluding tert-OH is 1. The van der Waals surface area contributed by atoms with Crippen LogP contribution in [0.25, 0.3) is 0 Å². The van der Waals surface area contributed by atoms with E-state index in [2.05, 4.69) is 41.5 Å². The van der Waals surface area contributed by atoms with Crippen LogP contribution in [0.2, 0.25) is 0 Å². The lowest BCUT2D eigenvalue weighted by atomic mass is 10.0. The second kappa shape index (κ2) is 70.7. The molecule has 0 saturated carbocycles. The molecule has 17 nitrogen and oxygen atoms in total. The molecule has 0 aromatic rings. The highest BCUT2D eigenvalue weighted by Crippen LogP contribution is 2.45. The van der Waals surface area contributed by atoms with Crippen molar-refractivity contribution >= 4 is 39.5 Å². The van der Waals surface area contributed by atoms with E-state index in [1.54, 1.807) is 0 Å². The first-order valence-electron chi connectivity index (χ1n) is 41.0. The minimum Gasteiger partial charge on any atom is -0.462 e. The van der Waals surface area contributed by atoms with E-state index in [1.165, 1.54) is 225 Å². The Hall–Kier alpha value is -1.94. The quantitative estimate of drug-likeness (QED) is 0.0222. The Bertz CT molecular complexity index is 1890. The maximum Gasteiger partial charge on any atom is 0.472 e. The molecule has 0 radical (unpaired) electrons. The number of hydrogen-bond donors (Lipinski definition) is 3. The lowest BCUT2D eigenvalue weighted by molar-refractivity contribution is -0.161. The van der Waals surface area contributed by atoms with E-state index in [4.69, 9.17) is 37.0 Å². The summed E-state index contributed by atoms with van der Waals surface area (Å²) in [5.74, 6) is -0.672. The summed E-state index contributed by atoms with van der Waals surface area (Å²) in [6.45, 7) is 9.54. The number of aliphatic hydroxyl groups is 1. The summed E-state index contributed by atoms with van der Waals surface area (Å²) in [6.07, 6.45) is 59.8. The van der Waals surface area contributed by atoms with Crippen molar-refractivity contribution < 1.29 is 80.2 Å². The van der Waals surface area contributed by atoms with Gasteiger partial charge in [0.2, 0.25) is 0 Å². The minimum absolute atomic E-state index is 0.105. The van der Waals surface area contributed by atoms with Crippen LogP contribution < -0.4 is 0 Å². The number of carbonyl (C=O) groups is 4. The van der Waals surface area contributed by atoms with E-state index in [9.17, 15) is 43.2 Å². The van der Waals surface area contributed by atoms with Gasteiger partial charge >= 0.3 is 39.5 Å². The second-order valence-electron chi connectivity index (χ2n) is 29.4. The highest BCUT2D eigenvalue weighted by atomic mass is 31.2. The fraction of sp³-hybridized carbons (Fsp3) is 0.949. The fourth-order valence-corrected chi connectivity index (χ4v) is 13.8. The average molecular weight is 1440 g/mol. The van der Waals surface area contributed by atoms with Gasteiger partial charge in [0.25, 0.3) is 0 Å². The van der Waals surface area contributed by atoms with Crippen molar-refractivity contribution in [3.05, 3.63) is 0 Å². The molecule has 5 atom stereocenters. The van der Waals surface area contributed by atoms with Crippen LogP contribution in [-0.4, -0.2) is 96.7 Å². The standard InChI is InChI=1S/C79H154O17P2/c1-7-9-11-13-15-17-19-21-23-25-27-29-31-33-37-43-49-55-61-76(81)89-67-74(95-78(83)63-57-51-44-38-34-32-30-28-26-24-22-20-18-16-14-12-10-8-2)69-93-97(85,86)91-65-73(80)66-92-98(87,88)94-70-75(68-90-77(82)62-56-50-46-40-42-48-54-60-72(5)6)96-79(84)64-58-52-45-39-35-36-41-47-53-59-71(3)4/h71-75,80H,7-70H2,1-6H3,(H,85,86)(H,87,88)/t73-,74-,75-/m1/s1. The van der Waals surface area contributed by atoms with Crippen LogP contribution in [0.1, 0.15) is 414 Å². The van der Waals surface area contributed by atoms with Gasteiger partial charge in [-0.05, 0) is 37.5 Å². The van der Waals surface area contributed by atoms with E-state index in [0.29, 0.717) is 31.6 Å². The molecule has 19 heteroatoms. The topological polar surface area (TPSA) is 237 Å². The van der Waals surface area contributed by atoms with Crippen molar-refractivity contribution in [1.82, 2.24) is 0 Å². The third kappa shape index (κ3) is 72.4. The predicted octanol–water partition coefficient (Wildman–Crippen LogP) is 23.5. The first-order valence-corrected chi connectivity index (χ1v) is 44.0. The smallest absolute Gasteiger partial charge is 0.462 e. The van der Waals surface area contributed by atoms with E-state index < -0.39 is 97.5 Å². The molecule has 3 N–H and O–H groups in total. The molecule has 0 aromatic carbocycles. The molecule has 0 rings (SSSR count). The molecule has 0 saturated heterocycles. The molecule has 98 heavy (non-hydrogen) atoms. The molecule has 0 aliphatic heterocycles. The van der Waals surface area contributed by atoms with Gasteiger partial charge in [-0.2, -0.15) is 0 Å². The monoisotopic (exact) mass is 1440 g/mol. The zero-order valence-electron chi connectivity index (χ0n) is 64.1. The summed E-state index contributed by atoms with van der Waals surface area (Å²) in [7, 11) is -9.92. The van der Waals surface area contributed by atoms with Crippen LogP contribution >= 0.6 is 15.6 Å². The van der Waals surface area contributed by atoms with Crippen LogP contribution in [0.4, 0.5) is 0 Å². The first kappa shape index (κ1) is 96.1. The molecule has 0 heterocycles. The Labute approximate surface area is 600 Å². The molecule has 0 aliphatic carbocycles. The lowest BCUT2D eigenvalue weighted by Gasteiger charge is -2.21. The van der Waals surface area contributed by atoms with Crippen molar-refractivity contribution in [2.24, 2.45) is 11.8 Å². The lowest BCUT2D eigenvalue weighted by Crippen LogP contribution is -2.30. The number of esters is 4. The van der Waals surface area contributed by atoms with Crippen molar-refractivity contribution in [3.8, 4) is 0 Å². The summed E-state index contributed by atoms with van der Waals surface area (Å²) in [4.78, 5) is 72.9. The molecule has 0 spiro atoms. The Morgan fingerprint density at radius 2 is 0.469 bits per heavy atom. The third-order valence-corrected chi connectivity index (χ3v) is 20.4. The summed E-state index contributed by atoms with van der Waals surface area (Å²) in [5, 5.41) is 10.6. The van der Waals surface area contributed by atoms with Crippen LogP contribution in [0.15, 0.2) is 0 Å². The van der Waals surface area contributed by atoms with Gasteiger partial charge in [-0.15, -0.1) is 0 Å². The van der Waals surface area contributed by atoms with Crippen molar-refractivity contribution in [3.63, 3.8) is 0 Å². The zero-order valence-corrected chi connectivity index (χ0v) is 65.9. The van der Waals surface area contributed by atoms with Crippen LogP contribution in [0.5, 0.6) is 0 Å². The predicted molar refractivity (Wildman–Crippen MR) is 400 cm³/mol. The number of phosphoric ester groups is 2. The van der Waals surface area contributed by atoms with Gasteiger partial charge in [0.05, 0.1) is 26.4 Å². The fourth-order valence-electron chi connectivity index (χ4n) is 12.2. The molecule has 582 valence electrons. The van der Waals surface area contributed by atoms with Crippen LogP contribution in [0, 0.1) is 11.8 Å². The molecule has 0 aliphatic rings. The summed E-state index contributed by atoms with van der Waals surface area (Å²) < 4.78 is 68.6. The van der Waals surface area contributed by atoms with E-state index in [1.807, 2.05) is 0 Å². The molecule has 0 bridgehead atoms. The molecule has 0 fully saturated rings. The molecule has 2 unspecified atom stereocenters. The Kier molecular flexibility index (Phi) is 69.3. The Morgan fingerprint density at radius 3 is 0.694 bits per heavy atom. The van der Waals surface area contributed by atoms with Crippen molar-refractivity contribution in [2.45, 2.75) is 432 Å². The van der Waals surface area contributed by atoms with E-state index in [-0.39, 0.29) is 25.7 Å². The number of carbonyl (C=O) groups excluding carboxylic acids is 4. The first-order chi connectivity index (χ1) is 47.4. The zero-order chi connectivity index (χ0) is 72.1. The van der Waals surface area contributed by atoms with E-state index in [0.717, 1.165) is 102 Å². The van der Waals surface area contributed by atoms with Gasteiger partial charge in [-0.25, -0.2) is 9.13 Å². The maximum absolute atomic E-state index is 13.1. The normalized spacial score (nSPS) is 13.9. The number of unbranched alkanes of at least 4 members (excludes halogenated alkanes) is 48. The van der Waals surface area contributed by atoms with Gasteiger partial charge < -0.3 is 33.8 Å². The van der Waals surface area contributed by atoms with Crippen molar-refractivity contribution in [2.75, 3.05) is 39.6 Å². The van der Waals surface area contributed by atoms with Gasteiger partial charge in [0.1, 0.15) is 19.3 Å². The van der Waals surface area contributed by atoms with E-state index >= 15 is 0 Å². The summed E-state index contributed by atoms with van der Waals surface area (Å²) in [6, 6.07) is 0. The van der Waals surface area contributed by atoms with Gasteiger partial charge in [-0.3, -0.25) is 37.3 Å². The number of hydrogen-bond acceptors (Lipinski definition) is 15. The average Bonchev–Trinajstić information content (AvgIpc) is 0.964. The molecule has 0 aromatic heterocycles. The van der Waals surface area contributed by atoms with Gasteiger partial charge in [0, 0.05) is 25.7 Å². The highest BCUT2D eigenvalue weighted by molar-refractivity contribution is 7.47. The minimum atomic E-state index is -4.96. The van der Waals surface area contributed by atoms with Crippen molar-refractivity contribution in [1.29, 1.82) is 0 Å². The number of rotatable bonds is 78. The second-order valence-corrected chi connectivity index (χ2v) is 32.3. The molecule has 0 amide bonds. The Balaban J connectivity index is 5.23. The Morgan fingerprint density at radius 1 is 0.276 bits per heavy atom. The number of phosphoric acid groups is 2. The van der Waals surface area contributed by atoms with Gasteiger partial charge in [0.15, 0.2) is 12.2 Å². The maximum atomic E-state index is 13.1. The largest absolute Gasteiger partial charge is 0.472 e. The summed E-state index contributed by atoms with van der Waals surface area (Å²) in [5.41, 5.74) is 0. The highest BCUT2D eigenvalue weighted by Gasteiger charge is 2.30. The molecular weight excluding hydrogens is 1280 g/mol. The third-order valence-electron chi connectivity index (χ3n) is 18.5. The van der Waals surface area contributed by atoms with Gasteiger partial charge in [-0.1, -0.05) is 363 Å². The molecular formula is C79H154O17P2. The van der Waals surface area contributed by atoms with Crippen LogP contribution in [0.3, 0.4) is 0 Å².